The molecule has 1 aliphatic heterocycles. The van der Waals surface area contributed by atoms with E-state index in [1.807, 2.05) is 30.3 Å². The van der Waals surface area contributed by atoms with Crippen LogP contribution >= 0.6 is 0 Å². The summed E-state index contributed by atoms with van der Waals surface area (Å²) in [6.45, 7) is 0. The van der Waals surface area contributed by atoms with Gasteiger partial charge >= 0.3 is 0 Å². The Morgan fingerprint density at radius 2 is 2.19 bits per heavy atom. The molecule has 0 saturated carbocycles. The average Bonchev–Trinajstić information content (AvgIpc) is 2.39. The molecule has 1 atom stereocenters. The number of nitrogens with one attached hydrogen (secondary N) is 1. The van der Waals surface area contributed by atoms with E-state index in [1.54, 1.807) is 31.9 Å². The van der Waals surface area contributed by atoms with E-state index < -0.39 is 5.85 Å². The Kier molecular flexibility index (Phi) is 3.12. The third kappa shape index (κ3) is 2.35. The van der Waals surface area contributed by atoms with Crippen LogP contribution in [0.2, 0.25) is 0 Å². The summed E-state index contributed by atoms with van der Waals surface area (Å²) >= 11 is 0. The number of benzene rings is 1. The van der Waals surface area contributed by atoms with Crippen molar-refractivity contribution in [1.82, 2.24) is 5.32 Å². The van der Waals surface area contributed by atoms with E-state index in [-0.39, 0.29) is 0 Å². The second kappa shape index (κ2) is 4.72. The lowest BCUT2D eigenvalue weighted by Gasteiger charge is -2.21. The molecular formula is C12H13N3O. The molecule has 0 amide bonds. The van der Waals surface area contributed by atoms with Gasteiger partial charge in [0.1, 0.15) is 0 Å². The zero-order valence-electron chi connectivity index (χ0n) is 9.00. The van der Waals surface area contributed by atoms with Gasteiger partial charge in [-0.3, -0.25) is 0 Å². The molecule has 0 saturated heterocycles. The van der Waals surface area contributed by atoms with Crippen LogP contribution in [0.25, 0.3) is 0 Å². The van der Waals surface area contributed by atoms with Gasteiger partial charge in [0, 0.05) is 25.6 Å². The summed E-state index contributed by atoms with van der Waals surface area (Å²) in [6, 6.07) is 9.83. The highest BCUT2D eigenvalue weighted by Gasteiger charge is 2.24. The van der Waals surface area contributed by atoms with Crippen molar-refractivity contribution in [3.8, 4) is 0 Å². The monoisotopic (exact) mass is 215 g/mol. The van der Waals surface area contributed by atoms with Gasteiger partial charge in [-0.15, -0.1) is 0 Å². The summed E-state index contributed by atoms with van der Waals surface area (Å²) in [5, 5.41) is 2.85. The first-order valence-electron chi connectivity index (χ1n) is 4.97. The van der Waals surface area contributed by atoms with Crippen LogP contribution in [0, 0.1) is 0 Å². The van der Waals surface area contributed by atoms with E-state index in [9.17, 15) is 0 Å². The zero-order chi connectivity index (χ0) is 11.3. The molecule has 16 heavy (non-hydrogen) atoms. The van der Waals surface area contributed by atoms with Crippen molar-refractivity contribution in [3.05, 3.63) is 48.2 Å². The summed E-state index contributed by atoms with van der Waals surface area (Å²) < 4.78 is 5.28. The fourth-order valence-corrected chi connectivity index (χ4v) is 1.33. The van der Waals surface area contributed by atoms with Crippen LogP contribution in [0.15, 0.2) is 52.6 Å². The Morgan fingerprint density at radius 3 is 2.81 bits per heavy atom. The van der Waals surface area contributed by atoms with Gasteiger partial charge in [0.15, 0.2) is 0 Å². The van der Waals surface area contributed by atoms with Gasteiger partial charge in [-0.25, -0.2) is 9.98 Å². The van der Waals surface area contributed by atoms with E-state index in [1.165, 1.54) is 0 Å². The first-order chi connectivity index (χ1) is 7.85. The molecule has 1 aromatic carbocycles. The maximum Gasteiger partial charge on any atom is 0.280 e. The second-order valence-corrected chi connectivity index (χ2v) is 3.29. The van der Waals surface area contributed by atoms with E-state index >= 15 is 0 Å². The quantitative estimate of drug-likeness (QED) is 0.777. The molecular weight excluding hydrogens is 202 g/mol. The van der Waals surface area contributed by atoms with Gasteiger partial charge in [0.25, 0.3) is 5.85 Å². The normalized spacial score (nSPS) is 23.6. The second-order valence-electron chi connectivity index (χ2n) is 3.29. The molecule has 4 nitrogen and oxygen atoms in total. The van der Waals surface area contributed by atoms with Gasteiger partial charge in [-0.1, -0.05) is 30.3 Å². The van der Waals surface area contributed by atoms with Crippen molar-refractivity contribution in [2.24, 2.45) is 9.98 Å². The van der Waals surface area contributed by atoms with Crippen molar-refractivity contribution in [2.45, 2.75) is 5.85 Å². The van der Waals surface area contributed by atoms with Crippen molar-refractivity contribution >= 4 is 12.6 Å². The van der Waals surface area contributed by atoms with Gasteiger partial charge in [-0.05, 0) is 5.56 Å². The Bertz CT molecular complexity index is 411. The number of hydrogen-bond acceptors (Lipinski definition) is 4. The first kappa shape index (κ1) is 10.6. The summed E-state index contributed by atoms with van der Waals surface area (Å²) in [5.74, 6) is -0.929. The molecule has 0 aromatic heterocycles. The fourth-order valence-electron chi connectivity index (χ4n) is 1.33. The molecule has 4 heteroatoms. The van der Waals surface area contributed by atoms with Crippen LogP contribution in [0.1, 0.15) is 5.56 Å². The van der Waals surface area contributed by atoms with Gasteiger partial charge < -0.3 is 10.1 Å². The number of nitrogens with zero attached hydrogens (tertiary/aromatic N) is 2. The highest BCUT2D eigenvalue weighted by Crippen LogP contribution is 2.17. The van der Waals surface area contributed by atoms with E-state index in [0.717, 1.165) is 5.56 Å². The molecule has 0 bridgehead atoms. The number of methoxy groups -OCH3 is 1. The summed E-state index contributed by atoms with van der Waals surface area (Å²) in [4.78, 5) is 8.48. The molecule has 1 heterocycles. The molecule has 1 aromatic rings. The molecule has 0 fully saturated rings. The minimum atomic E-state index is -0.929. The molecule has 0 radical (unpaired) electrons. The molecule has 1 aliphatic rings. The highest BCUT2D eigenvalue weighted by molar-refractivity contribution is 5.80. The number of rotatable bonds is 3. The van der Waals surface area contributed by atoms with E-state index in [0.29, 0.717) is 0 Å². The number of ether oxygens (including phenoxy) is 1. The van der Waals surface area contributed by atoms with Crippen molar-refractivity contribution in [2.75, 3.05) is 7.11 Å². The van der Waals surface area contributed by atoms with Gasteiger partial charge in [-0.2, -0.15) is 0 Å². The third-order valence-corrected chi connectivity index (χ3v) is 2.22. The van der Waals surface area contributed by atoms with Gasteiger partial charge in [0.2, 0.25) is 0 Å². The van der Waals surface area contributed by atoms with Crippen molar-refractivity contribution < 1.29 is 4.74 Å². The minimum Gasteiger partial charge on any atom is -0.353 e. The van der Waals surface area contributed by atoms with Gasteiger partial charge in [0.05, 0.1) is 6.34 Å². The van der Waals surface area contributed by atoms with E-state index in [2.05, 4.69) is 15.3 Å². The zero-order valence-corrected chi connectivity index (χ0v) is 9.00. The van der Waals surface area contributed by atoms with Crippen LogP contribution in [-0.2, 0) is 4.74 Å². The summed E-state index contributed by atoms with van der Waals surface area (Å²) in [5.41, 5.74) is 1.01. The van der Waals surface area contributed by atoms with Crippen LogP contribution in [-0.4, -0.2) is 25.5 Å². The molecule has 0 spiro atoms. The lowest BCUT2D eigenvalue weighted by Crippen LogP contribution is -2.29. The standard InChI is InChI=1S/C12H13N3O/c1-16-12(7-8-13-10-15-12)14-9-11-5-3-2-4-6-11/h2-10H,1H3,(H,13,15)/b14-9+. The Hall–Kier alpha value is -1.94. The SMILES string of the molecule is COC1(/N=C/c2ccccc2)C=CNC=N1. The smallest absolute Gasteiger partial charge is 0.280 e. The topological polar surface area (TPSA) is 46.0 Å². The van der Waals surface area contributed by atoms with Crippen LogP contribution in [0.3, 0.4) is 0 Å². The lowest BCUT2D eigenvalue weighted by molar-refractivity contribution is 0.0478. The fraction of sp³-hybridized carbons (Fsp3) is 0.167. The lowest BCUT2D eigenvalue weighted by atomic mass is 10.2. The summed E-state index contributed by atoms with van der Waals surface area (Å²) in [7, 11) is 1.58. The molecule has 2 rings (SSSR count). The molecule has 1 unspecified atom stereocenters. The van der Waals surface area contributed by atoms with E-state index in [4.69, 9.17) is 4.74 Å². The molecule has 0 aliphatic carbocycles. The first-order valence-corrected chi connectivity index (χ1v) is 4.97. The Morgan fingerprint density at radius 1 is 1.38 bits per heavy atom. The van der Waals surface area contributed by atoms with Crippen LogP contribution < -0.4 is 5.32 Å². The minimum absolute atomic E-state index is 0.929. The third-order valence-electron chi connectivity index (χ3n) is 2.22. The number of aliphatic imine (C=N–C) groups is 2. The maximum absolute atomic E-state index is 5.28. The average molecular weight is 215 g/mol. The summed E-state index contributed by atoms with van der Waals surface area (Å²) in [6.07, 6.45) is 6.81. The predicted octanol–water partition coefficient (Wildman–Crippen LogP) is 1.55. The highest BCUT2D eigenvalue weighted by atomic mass is 16.5. The maximum atomic E-state index is 5.28. The van der Waals surface area contributed by atoms with Crippen LogP contribution in [0.4, 0.5) is 0 Å². The largest absolute Gasteiger partial charge is 0.353 e. The molecule has 82 valence electrons. The van der Waals surface area contributed by atoms with Crippen LogP contribution in [0.5, 0.6) is 0 Å². The Labute approximate surface area is 94.4 Å². The van der Waals surface area contributed by atoms with Crippen molar-refractivity contribution in [3.63, 3.8) is 0 Å². The predicted molar refractivity (Wildman–Crippen MR) is 64.5 cm³/mol. The Balaban J connectivity index is 2.19. The van der Waals surface area contributed by atoms with Crippen molar-refractivity contribution in [1.29, 1.82) is 0 Å². The molecule has 1 N–H and O–H groups in total. The number of hydrogen-bond donors (Lipinski definition) is 1.